The molecule has 1 unspecified atom stereocenters. The minimum Gasteiger partial charge on any atom is -0.357 e. The van der Waals surface area contributed by atoms with Gasteiger partial charge in [0.05, 0.1) is 5.10 Å². The first kappa shape index (κ1) is 12.5. The van der Waals surface area contributed by atoms with Gasteiger partial charge < -0.3 is 10.1 Å². The molecule has 2 rings (SSSR count). The minimum absolute atomic E-state index is 0.0560. The highest BCUT2D eigenvalue weighted by atomic mass is 32.2. The number of hydrogen-bond acceptors (Lipinski definition) is 10. The molecule has 2 aromatic heterocycles. The zero-order valence-corrected chi connectivity index (χ0v) is 11.4. The molecule has 0 fully saturated rings. The van der Waals surface area contributed by atoms with E-state index in [1.807, 2.05) is 6.26 Å². The summed E-state index contributed by atoms with van der Waals surface area (Å²) in [6.07, 6.45) is 1.82. The van der Waals surface area contributed by atoms with Crippen LogP contribution in [0.4, 0.5) is 5.13 Å². The van der Waals surface area contributed by atoms with E-state index in [0.717, 1.165) is 11.3 Å². The van der Waals surface area contributed by atoms with Gasteiger partial charge in [0.25, 0.3) is 0 Å². The average molecular weight is 309 g/mol. The van der Waals surface area contributed by atoms with Crippen LogP contribution in [0.2, 0.25) is 0 Å². The van der Waals surface area contributed by atoms with Crippen LogP contribution in [0.3, 0.4) is 0 Å². The molecule has 0 N–H and O–H groups in total. The maximum Gasteiger partial charge on any atom is 0.451 e. The lowest BCUT2D eigenvalue weighted by molar-refractivity contribution is -0.385. The van der Waals surface area contributed by atoms with E-state index in [9.17, 15) is 14.3 Å². The van der Waals surface area contributed by atoms with Gasteiger partial charge in [-0.15, -0.1) is 10.2 Å². The Labute approximate surface area is 109 Å². The summed E-state index contributed by atoms with van der Waals surface area (Å²) in [4.78, 5) is 9.73. The highest BCUT2D eigenvalue weighted by molar-refractivity contribution is 8.00. The lowest BCUT2D eigenvalue weighted by Crippen LogP contribution is -1.91. The van der Waals surface area contributed by atoms with Crippen LogP contribution in [0.5, 0.6) is 0 Å². The van der Waals surface area contributed by atoms with Gasteiger partial charge in [-0.05, 0) is 27.6 Å². The Morgan fingerprint density at radius 1 is 1.24 bits per heavy atom. The van der Waals surface area contributed by atoms with Gasteiger partial charge in [0.15, 0.2) is 4.34 Å². The lowest BCUT2D eigenvalue weighted by Gasteiger charge is -1.86. The molecule has 0 aromatic carbocycles. The van der Waals surface area contributed by atoms with Crippen LogP contribution < -0.4 is 0 Å². The molecule has 1 atom stereocenters. The van der Waals surface area contributed by atoms with Crippen molar-refractivity contribution in [1.29, 1.82) is 0 Å². The number of nitrogens with zero attached hydrogens (tertiary/aromatic N) is 5. The topological polar surface area (TPSA) is 112 Å². The summed E-state index contributed by atoms with van der Waals surface area (Å²) >= 11 is 3.22. The van der Waals surface area contributed by atoms with Crippen molar-refractivity contribution in [2.45, 2.75) is 13.0 Å². The van der Waals surface area contributed by atoms with E-state index in [1.165, 1.54) is 11.8 Å². The molecule has 2 heterocycles. The summed E-state index contributed by atoms with van der Waals surface area (Å²) in [5.74, 6) is 0. The predicted octanol–water partition coefficient (Wildman–Crippen LogP) is 1.19. The first-order valence-corrected chi connectivity index (χ1v) is 7.89. The van der Waals surface area contributed by atoms with Crippen LogP contribution in [0.1, 0.15) is 0 Å². The Hall–Kier alpha value is -0.980. The van der Waals surface area contributed by atoms with Crippen molar-refractivity contribution in [3.63, 3.8) is 0 Å². The Morgan fingerprint density at radius 3 is 2.41 bits per heavy atom. The summed E-state index contributed by atoms with van der Waals surface area (Å²) in [6, 6.07) is 0. The monoisotopic (exact) mass is 309 g/mol. The number of rotatable bonds is 4. The molecule has 12 heteroatoms. The first-order valence-electron chi connectivity index (χ1n) is 3.89. The standard InChI is InChI=1S/C5H3N5O3S4/c1-14-3-7-9-5(16-3)17(13)4-8-6-2(15-4)10(11)12/h1H3. The van der Waals surface area contributed by atoms with E-state index in [1.54, 1.807) is 0 Å². The number of hydrogen-bond donors (Lipinski definition) is 0. The molecule has 0 aliphatic rings. The first-order chi connectivity index (χ1) is 8.11. The second-order valence-electron chi connectivity index (χ2n) is 2.41. The summed E-state index contributed by atoms with van der Waals surface area (Å²) in [7, 11) is -1.65. The van der Waals surface area contributed by atoms with Gasteiger partial charge in [0, 0.05) is 0 Å². The zero-order chi connectivity index (χ0) is 12.4. The molecule has 0 bridgehead atoms. The molecular weight excluding hydrogens is 306 g/mol. The largest absolute Gasteiger partial charge is 0.451 e. The summed E-state index contributed by atoms with van der Waals surface area (Å²) < 4.78 is 12.9. The third-order valence-electron chi connectivity index (χ3n) is 1.43. The summed E-state index contributed by atoms with van der Waals surface area (Å²) in [6.45, 7) is 0. The molecule has 0 saturated heterocycles. The third kappa shape index (κ3) is 2.65. The van der Waals surface area contributed by atoms with Gasteiger partial charge in [0.1, 0.15) is 10.8 Å². The van der Waals surface area contributed by atoms with E-state index < -0.39 is 15.7 Å². The van der Waals surface area contributed by atoms with E-state index >= 15 is 0 Å². The van der Waals surface area contributed by atoms with Crippen LogP contribution in [-0.4, -0.2) is 35.8 Å². The molecule has 2 aromatic rings. The highest BCUT2D eigenvalue weighted by Crippen LogP contribution is 2.28. The van der Waals surface area contributed by atoms with Gasteiger partial charge in [-0.1, -0.05) is 23.1 Å². The summed E-state index contributed by atoms with van der Waals surface area (Å²) in [5.41, 5.74) is 0. The van der Waals surface area contributed by atoms with Crippen molar-refractivity contribution in [2.75, 3.05) is 6.26 Å². The average Bonchev–Trinajstić information content (AvgIpc) is 2.97. The van der Waals surface area contributed by atoms with Crippen LogP contribution >= 0.6 is 34.4 Å². The number of thioether (sulfide) groups is 1. The smallest absolute Gasteiger partial charge is 0.357 e. The maximum absolute atomic E-state index is 11.9. The van der Waals surface area contributed by atoms with Crippen molar-refractivity contribution in [3.8, 4) is 0 Å². The van der Waals surface area contributed by atoms with Crippen LogP contribution in [0, 0.1) is 10.1 Å². The third-order valence-corrected chi connectivity index (χ3v) is 6.00. The molecule has 8 nitrogen and oxygen atoms in total. The Morgan fingerprint density at radius 2 is 1.88 bits per heavy atom. The van der Waals surface area contributed by atoms with Crippen LogP contribution in [0.25, 0.3) is 0 Å². The van der Waals surface area contributed by atoms with Crippen molar-refractivity contribution in [3.05, 3.63) is 10.1 Å². The van der Waals surface area contributed by atoms with Gasteiger partial charge in [0.2, 0.25) is 8.68 Å². The van der Waals surface area contributed by atoms with Crippen LogP contribution in [-0.2, 0) is 10.8 Å². The fraction of sp³-hybridized carbons (Fsp3) is 0.200. The quantitative estimate of drug-likeness (QED) is 0.470. The molecule has 0 aliphatic carbocycles. The van der Waals surface area contributed by atoms with Gasteiger partial charge in [-0.3, -0.25) is 0 Å². The molecular formula is C5H3N5O3S4. The molecule has 0 spiro atoms. The molecule has 0 radical (unpaired) electrons. The number of aromatic nitrogens is 4. The Kier molecular flexibility index (Phi) is 3.76. The van der Waals surface area contributed by atoms with E-state index in [4.69, 9.17) is 0 Å². The second-order valence-corrected chi connectivity index (χ2v) is 7.23. The fourth-order valence-electron chi connectivity index (χ4n) is 0.780. The maximum atomic E-state index is 11.9. The van der Waals surface area contributed by atoms with Crippen molar-refractivity contribution in [1.82, 2.24) is 20.4 Å². The highest BCUT2D eigenvalue weighted by Gasteiger charge is 2.23. The molecule has 0 aliphatic heterocycles. The van der Waals surface area contributed by atoms with Crippen molar-refractivity contribution < 1.29 is 9.13 Å². The van der Waals surface area contributed by atoms with Crippen LogP contribution in [0.15, 0.2) is 13.0 Å². The van der Waals surface area contributed by atoms with E-state index in [-0.39, 0.29) is 13.8 Å². The van der Waals surface area contributed by atoms with Gasteiger partial charge in [-0.25, -0.2) is 4.21 Å². The Bertz CT molecular complexity index is 580. The Balaban J connectivity index is 2.27. The van der Waals surface area contributed by atoms with Gasteiger partial charge >= 0.3 is 5.13 Å². The lowest BCUT2D eigenvalue weighted by atomic mass is 11.3. The second kappa shape index (κ2) is 5.12. The number of nitro groups is 1. The predicted molar refractivity (Wildman–Crippen MR) is 62.9 cm³/mol. The van der Waals surface area contributed by atoms with E-state index in [2.05, 4.69) is 20.4 Å². The van der Waals surface area contributed by atoms with Crippen molar-refractivity contribution in [2.24, 2.45) is 0 Å². The van der Waals surface area contributed by atoms with Crippen molar-refractivity contribution >= 4 is 50.4 Å². The summed E-state index contributed by atoms with van der Waals surface area (Å²) in [5, 5.41) is 24.4. The fourth-order valence-corrected chi connectivity index (χ4v) is 4.42. The molecule has 90 valence electrons. The van der Waals surface area contributed by atoms with Gasteiger partial charge in [-0.2, -0.15) is 0 Å². The normalized spacial score (nSPS) is 12.5. The molecule has 0 saturated carbocycles. The van der Waals surface area contributed by atoms with E-state index in [0.29, 0.717) is 15.7 Å². The SMILES string of the molecule is CSc1nnc(S(=O)c2nnc([N+](=O)[O-])s2)s1. The minimum atomic E-state index is -1.65. The molecule has 17 heavy (non-hydrogen) atoms. The zero-order valence-electron chi connectivity index (χ0n) is 8.09. The molecule has 0 amide bonds.